The molecule has 30 heavy (non-hydrogen) atoms. The zero-order chi connectivity index (χ0) is 20.8. The van der Waals surface area contributed by atoms with Gasteiger partial charge in [-0.3, -0.25) is 13.8 Å². The second-order valence-corrected chi connectivity index (χ2v) is 8.92. The predicted molar refractivity (Wildman–Crippen MR) is 124 cm³/mol. The standard InChI is InChI=1S/C23H14ClFN2OS2/c24-18-10-3-1-6-15(18)13-26-21-20(14-7-5-8-16(25)12-14)30-23(29)27(21)19-11-4-2-9-17(19)22(26)28/h1-12H,13H2. The summed E-state index contributed by atoms with van der Waals surface area (Å²) in [6, 6.07) is 21.1. The van der Waals surface area contributed by atoms with Crippen LogP contribution in [-0.2, 0) is 6.54 Å². The number of nitrogens with zero attached hydrogens (tertiary/aromatic N) is 2. The number of para-hydroxylation sites is 1. The van der Waals surface area contributed by atoms with E-state index in [9.17, 15) is 9.18 Å². The fraction of sp³-hybridized carbons (Fsp3) is 0.0435. The minimum atomic E-state index is -0.342. The van der Waals surface area contributed by atoms with Crippen molar-refractivity contribution in [3.63, 3.8) is 0 Å². The third-order valence-electron chi connectivity index (χ3n) is 5.04. The highest BCUT2D eigenvalue weighted by Crippen LogP contribution is 2.34. The van der Waals surface area contributed by atoms with Gasteiger partial charge in [-0.1, -0.05) is 54.1 Å². The van der Waals surface area contributed by atoms with Crippen molar-refractivity contribution < 1.29 is 4.39 Å². The molecular weight excluding hydrogens is 439 g/mol. The van der Waals surface area contributed by atoms with Crippen LogP contribution in [0.25, 0.3) is 27.0 Å². The summed E-state index contributed by atoms with van der Waals surface area (Å²) in [5.74, 6) is -0.342. The van der Waals surface area contributed by atoms with Gasteiger partial charge in [-0.15, -0.1) is 11.3 Å². The molecule has 0 aliphatic heterocycles. The van der Waals surface area contributed by atoms with Gasteiger partial charge in [-0.2, -0.15) is 0 Å². The smallest absolute Gasteiger partial charge is 0.261 e. The Balaban J connectivity index is 1.93. The monoisotopic (exact) mass is 452 g/mol. The van der Waals surface area contributed by atoms with Gasteiger partial charge in [-0.25, -0.2) is 4.39 Å². The molecule has 5 rings (SSSR count). The molecule has 0 bridgehead atoms. The summed E-state index contributed by atoms with van der Waals surface area (Å²) < 4.78 is 18.1. The van der Waals surface area contributed by atoms with Gasteiger partial charge in [0.25, 0.3) is 5.56 Å². The van der Waals surface area contributed by atoms with E-state index in [1.807, 2.05) is 46.9 Å². The minimum Gasteiger partial charge on any atom is -0.288 e. The Hall–Kier alpha value is -2.80. The Morgan fingerprint density at radius 3 is 2.57 bits per heavy atom. The van der Waals surface area contributed by atoms with Gasteiger partial charge < -0.3 is 0 Å². The summed E-state index contributed by atoms with van der Waals surface area (Å²) in [4.78, 5) is 14.3. The highest BCUT2D eigenvalue weighted by Gasteiger charge is 2.19. The van der Waals surface area contributed by atoms with Crippen LogP contribution >= 0.6 is 35.2 Å². The topological polar surface area (TPSA) is 26.4 Å². The molecule has 2 aromatic heterocycles. The molecule has 0 spiro atoms. The highest BCUT2D eigenvalue weighted by molar-refractivity contribution is 7.73. The van der Waals surface area contributed by atoms with Gasteiger partial charge in [0.2, 0.25) is 0 Å². The molecule has 0 N–H and O–H groups in total. The lowest BCUT2D eigenvalue weighted by Crippen LogP contribution is -2.23. The van der Waals surface area contributed by atoms with E-state index >= 15 is 0 Å². The van der Waals surface area contributed by atoms with Gasteiger partial charge >= 0.3 is 0 Å². The van der Waals surface area contributed by atoms with Gasteiger partial charge in [-0.05, 0) is 53.7 Å². The highest BCUT2D eigenvalue weighted by atomic mass is 35.5. The molecule has 0 saturated carbocycles. The third-order valence-corrected chi connectivity index (χ3v) is 6.82. The van der Waals surface area contributed by atoms with Crippen molar-refractivity contribution in [1.82, 2.24) is 8.97 Å². The van der Waals surface area contributed by atoms with E-state index in [0.717, 1.165) is 16.0 Å². The number of fused-ring (bicyclic) bond motifs is 3. The zero-order valence-electron chi connectivity index (χ0n) is 15.5. The second kappa shape index (κ2) is 7.47. The largest absolute Gasteiger partial charge is 0.288 e. The Kier molecular flexibility index (Phi) is 4.77. The van der Waals surface area contributed by atoms with E-state index in [2.05, 4.69) is 0 Å². The van der Waals surface area contributed by atoms with Crippen molar-refractivity contribution in [3.05, 3.63) is 104 Å². The SMILES string of the molecule is O=c1c2ccccc2n2c(=S)sc(-c3cccc(F)c3)c2n1Cc1ccccc1Cl. The molecule has 3 nitrogen and oxygen atoms in total. The maximum absolute atomic E-state index is 14.0. The minimum absolute atomic E-state index is 0.143. The molecule has 0 amide bonds. The van der Waals surface area contributed by atoms with Crippen LogP contribution < -0.4 is 5.56 Å². The van der Waals surface area contributed by atoms with Crippen molar-refractivity contribution in [2.45, 2.75) is 6.54 Å². The van der Waals surface area contributed by atoms with E-state index in [0.29, 0.717) is 25.6 Å². The van der Waals surface area contributed by atoms with E-state index in [1.54, 1.807) is 22.8 Å². The van der Waals surface area contributed by atoms with Crippen molar-refractivity contribution in [1.29, 1.82) is 0 Å². The lowest BCUT2D eigenvalue weighted by atomic mass is 10.1. The fourth-order valence-corrected chi connectivity index (χ4v) is 5.29. The molecule has 2 heterocycles. The molecule has 0 atom stereocenters. The molecule has 0 fully saturated rings. The number of aromatic nitrogens is 2. The summed E-state index contributed by atoms with van der Waals surface area (Å²) in [5.41, 5.74) is 2.73. The van der Waals surface area contributed by atoms with Gasteiger partial charge in [0.1, 0.15) is 11.5 Å². The first-order chi connectivity index (χ1) is 14.5. The maximum atomic E-state index is 14.0. The second-order valence-electron chi connectivity index (χ2n) is 6.87. The number of thiazole rings is 1. The summed E-state index contributed by atoms with van der Waals surface area (Å²) in [5, 5.41) is 1.15. The molecule has 0 unspecified atom stereocenters. The summed E-state index contributed by atoms with van der Waals surface area (Å²) >= 11 is 13.4. The lowest BCUT2D eigenvalue weighted by molar-refractivity contribution is 0.628. The van der Waals surface area contributed by atoms with E-state index < -0.39 is 0 Å². The van der Waals surface area contributed by atoms with Crippen LogP contribution in [0.4, 0.5) is 4.39 Å². The van der Waals surface area contributed by atoms with Crippen LogP contribution in [-0.4, -0.2) is 8.97 Å². The molecule has 7 heteroatoms. The predicted octanol–water partition coefficient (Wildman–Crippen LogP) is 6.55. The van der Waals surface area contributed by atoms with Crippen molar-refractivity contribution >= 4 is 51.7 Å². The molecule has 0 radical (unpaired) electrons. The Bertz CT molecular complexity index is 1550. The van der Waals surface area contributed by atoms with E-state index in [-0.39, 0.29) is 17.9 Å². The average Bonchev–Trinajstić information content (AvgIpc) is 3.10. The molecular formula is C23H14ClFN2OS2. The van der Waals surface area contributed by atoms with Crippen LogP contribution in [0, 0.1) is 9.77 Å². The first-order valence-electron chi connectivity index (χ1n) is 9.21. The van der Waals surface area contributed by atoms with Crippen molar-refractivity contribution in [2.24, 2.45) is 0 Å². The molecule has 0 aliphatic carbocycles. The summed E-state index contributed by atoms with van der Waals surface area (Å²) in [6.45, 7) is 0.278. The fourth-order valence-electron chi connectivity index (χ4n) is 3.67. The summed E-state index contributed by atoms with van der Waals surface area (Å²) in [7, 11) is 0. The Morgan fingerprint density at radius 1 is 1.00 bits per heavy atom. The summed E-state index contributed by atoms with van der Waals surface area (Å²) in [6.07, 6.45) is 0. The van der Waals surface area contributed by atoms with E-state index in [1.165, 1.54) is 23.5 Å². The third kappa shape index (κ3) is 3.08. The maximum Gasteiger partial charge on any atom is 0.261 e. The normalized spacial score (nSPS) is 11.4. The number of hydrogen-bond acceptors (Lipinski definition) is 3. The number of benzene rings is 3. The van der Waals surface area contributed by atoms with Crippen LogP contribution in [0.15, 0.2) is 77.6 Å². The number of halogens is 2. The van der Waals surface area contributed by atoms with Gasteiger partial charge in [0.05, 0.1) is 22.3 Å². The first kappa shape index (κ1) is 19.2. The van der Waals surface area contributed by atoms with Gasteiger partial charge in [0, 0.05) is 5.02 Å². The van der Waals surface area contributed by atoms with Crippen molar-refractivity contribution in [3.8, 4) is 10.4 Å². The molecule has 148 valence electrons. The quantitative estimate of drug-likeness (QED) is 0.290. The lowest BCUT2D eigenvalue weighted by Gasteiger charge is -2.14. The Labute approximate surface area is 185 Å². The molecule has 3 aromatic carbocycles. The molecule has 0 aliphatic rings. The zero-order valence-corrected chi connectivity index (χ0v) is 17.9. The number of rotatable bonds is 3. The van der Waals surface area contributed by atoms with Crippen LogP contribution in [0.1, 0.15) is 5.56 Å². The van der Waals surface area contributed by atoms with Crippen LogP contribution in [0.3, 0.4) is 0 Å². The van der Waals surface area contributed by atoms with Crippen LogP contribution in [0.5, 0.6) is 0 Å². The van der Waals surface area contributed by atoms with E-state index in [4.69, 9.17) is 23.8 Å². The Morgan fingerprint density at radius 2 is 1.77 bits per heavy atom. The number of hydrogen-bond donors (Lipinski definition) is 0. The van der Waals surface area contributed by atoms with Crippen molar-refractivity contribution in [2.75, 3.05) is 0 Å². The van der Waals surface area contributed by atoms with Gasteiger partial charge in [0.15, 0.2) is 3.95 Å². The van der Waals surface area contributed by atoms with Crippen LogP contribution in [0.2, 0.25) is 5.02 Å². The first-order valence-corrected chi connectivity index (χ1v) is 10.8. The average molecular weight is 453 g/mol. The molecule has 5 aromatic rings. The molecule has 0 saturated heterocycles.